The summed E-state index contributed by atoms with van der Waals surface area (Å²) in [5.41, 5.74) is 0.974. The number of nitrogens with one attached hydrogen (secondary N) is 1. The van der Waals surface area contributed by atoms with Gasteiger partial charge in [-0.15, -0.1) is 0 Å². The molecule has 1 N–H and O–H groups in total. The Morgan fingerprint density at radius 3 is 2.35 bits per heavy atom. The molecule has 0 amide bonds. The van der Waals surface area contributed by atoms with E-state index in [1.54, 1.807) is 30.3 Å². The van der Waals surface area contributed by atoms with E-state index in [0.29, 0.717) is 0 Å². The lowest BCUT2D eigenvalue weighted by Crippen LogP contribution is -2.27. The molecule has 0 saturated heterocycles. The maximum atomic E-state index is 12.1. The molecule has 0 spiro atoms. The Labute approximate surface area is 137 Å². The van der Waals surface area contributed by atoms with Crippen LogP contribution in [0.2, 0.25) is 0 Å². The van der Waals surface area contributed by atoms with Gasteiger partial charge < -0.3 is 4.74 Å². The molecule has 0 heterocycles. The van der Waals surface area contributed by atoms with Crippen LogP contribution in [-0.2, 0) is 25.0 Å². The van der Waals surface area contributed by atoms with Gasteiger partial charge in [-0.05, 0) is 30.0 Å². The minimum Gasteiger partial charge on any atom is -0.447 e. The van der Waals surface area contributed by atoms with Crippen molar-refractivity contribution in [3.8, 4) is 6.07 Å². The van der Waals surface area contributed by atoms with Crippen molar-refractivity contribution < 1.29 is 17.9 Å². The van der Waals surface area contributed by atoms with Crippen molar-refractivity contribution in [3.05, 3.63) is 29.8 Å². The van der Waals surface area contributed by atoms with Gasteiger partial charge in [0.2, 0.25) is 10.0 Å². The van der Waals surface area contributed by atoms with E-state index >= 15 is 0 Å². The van der Waals surface area contributed by atoms with Crippen LogP contribution in [-0.4, -0.2) is 27.0 Å². The molecule has 7 heteroatoms. The largest absolute Gasteiger partial charge is 0.447 e. The van der Waals surface area contributed by atoms with E-state index in [9.17, 15) is 13.2 Å². The summed E-state index contributed by atoms with van der Waals surface area (Å²) >= 11 is 0. The van der Waals surface area contributed by atoms with Crippen molar-refractivity contribution >= 4 is 16.0 Å². The number of carbonyl (C=O) groups excluding carboxylic acids is 1. The molecular formula is C16H22N2O4S. The minimum atomic E-state index is -3.68. The first kappa shape index (κ1) is 19.1. The van der Waals surface area contributed by atoms with Crippen LogP contribution in [0.3, 0.4) is 0 Å². The van der Waals surface area contributed by atoms with Crippen LogP contribution < -0.4 is 4.72 Å². The number of hydrogen-bond acceptors (Lipinski definition) is 5. The molecule has 1 aromatic rings. The monoisotopic (exact) mass is 338 g/mol. The van der Waals surface area contributed by atoms with Gasteiger partial charge in [0.1, 0.15) is 6.07 Å². The summed E-state index contributed by atoms with van der Waals surface area (Å²) in [7, 11) is -3.68. The number of sulfonamides is 1. The molecule has 0 radical (unpaired) electrons. The maximum Gasteiger partial charge on any atom is 0.308 e. The second-order valence-electron chi connectivity index (χ2n) is 6.18. The van der Waals surface area contributed by atoms with E-state index in [-0.39, 0.29) is 23.3 Å². The Balaban J connectivity index is 2.63. The zero-order valence-electron chi connectivity index (χ0n) is 13.8. The van der Waals surface area contributed by atoms with Crippen LogP contribution in [0.4, 0.5) is 0 Å². The predicted octanol–water partition coefficient (Wildman–Crippen LogP) is 2.11. The molecule has 1 atom stereocenters. The average Bonchev–Trinajstić information content (AvgIpc) is 2.46. The van der Waals surface area contributed by atoms with Gasteiger partial charge in [-0.1, -0.05) is 32.9 Å². The predicted molar refractivity (Wildman–Crippen MR) is 86.1 cm³/mol. The summed E-state index contributed by atoms with van der Waals surface area (Å²) in [6.07, 6.45) is -0.977. The van der Waals surface area contributed by atoms with E-state index in [1.807, 2.05) is 20.8 Å². The fourth-order valence-electron chi connectivity index (χ4n) is 1.79. The molecule has 0 aliphatic carbocycles. The molecule has 0 bridgehead atoms. The zero-order valence-corrected chi connectivity index (χ0v) is 14.6. The van der Waals surface area contributed by atoms with Crippen molar-refractivity contribution in [2.75, 3.05) is 6.54 Å². The second-order valence-corrected chi connectivity index (χ2v) is 7.95. The fourth-order valence-corrected chi connectivity index (χ4v) is 2.82. The van der Waals surface area contributed by atoms with Gasteiger partial charge in [-0.2, -0.15) is 5.26 Å². The topological polar surface area (TPSA) is 96.3 Å². The molecule has 1 aromatic carbocycles. The maximum absolute atomic E-state index is 12.1. The van der Waals surface area contributed by atoms with Crippen LogP contribution in [0.15, 0.2) is 29.2 Å². The fraction of sp³-hybridized carbons (Fsp3) is 0.500. The summed E-state index contributed by atoms with van der Waals surface area (Å²) in [5, 5.41) is 8.53. The molecule has 6 nitrogen and oxygen atoms in total. The number of rotatable bonds is 6. The highest BCUT2D eigenvalue weighted by molar-refractivity contribution is 7.89. The van der Waals surface area contributed by atoms with Gasteiger partial charge in [0.05, 0.1) is 11.3 Å². The SMILES string of the molecule is C[C@@H](C#N)OC(=O)CCNS(=O)(=O)c1ccc(C(C)(C)C)cc1. The Kier molecular flexibility index (Phi) is 6.30. The number of esters is 1. The highest BCUT2D eigenvalue weighted by Crippen LogP contribution is 2.23. The van der Waals surface area contributed by atoms with Gasteiger partial charge in [-0.3, -0.25) is 4.79 Å². The standard InChI is InChI=1S/C16H22N2O4S/c1-12(11-17)22-15(19)9-10-18-23(20,21)14-7-5-13(6-8-14)16(2,3)4/h5-8,12,18H,9-10H2,1-4H3/t12-/m0/s1. The molecule has 0 unspecified atom stereocenters. The third-order valence-corrected chi connectivity index (χ3v) is 4.62. The Hall–Kier alpha value is -1.91. The molecule has 1 rings (SSSR count). The Bertz CT molecular complexity index is 682. The number of carbonyl (C=O) groups is 1. The number of nitriles is 1. The summed E-state index contributed by atoms with van der Waals surface area (Å²) < 4.78 is 31.4. The summed E-state index contributed by atoms with van der Waals surface area (Å²) in [5.74, 6) is -0.621. The van der Waals surface area contributed by atoms with Crippen molar-refractivity contribution in [1.29, 1.82) is 5.26 Å². The van der Waals surface area contributed by atoms with Gasteiger partial charge in [0.25, 0.3) is 0 Å². The van der Waals surface area contributed by atoms with E-state index in [4.69, 9.17) is 10.00 Å². The molecular weight excluding hydrogens is 316 g/mol. The lowest BCUT2D eigenvalue weighted by Gasteiger charge is -2.19. The minimum absolute atomic E-state index is 0.0586. The van der Waals surface area contributed by atoms with E-state index < -0.39 is 22.1 Å². The van der Waals surface area contributed by atoms with E-state index in [2.05, 4.69) is 4.72 Å². The first-order valence-electron chi connectivity index (χ1n) is 7.25. The van der Waals surface area contributed by atoms with E-state index in [1.165, 1.54) is 6.92 Å². The lowest BCUT2D eigenvalue weighted by molar-refractivity contribution is -0.145. The second kappa shape index (κ2) is 7.57. The summed E-state index contributed by atoms with van der Waals surface area (Å²) in [6, 6.07) is 8.40. The number of hydrogen-bond donors (Lipinski definition) is 1. The summed E-state index contributed by atoms with van der Waals surface area (Å²) in [4.78, 5) is 11.5. The summed E-state index contributed by atoms with van der Waals surface area (Å²) in [6.45, 7) is 7.49. The Morgan fingerprint density at radius 2 is 1.87 bits per heavy atom. The third kappa shape index (κ3) is 6.00. The van der Waals surface area contributed by atoms with Crippen molar-refractivity contribution in [1.82, 2.24) is 4.72 Å². The molecule has 23 heavy (non-hydrogen) atoms. The molecule has 0 fully saturated rings. The van der Waals surface area contributed by atoms with Crippen molar-refractivity contribution in [2.45, 2.75) is 50.5 Å². The highest BCUT2D eigenvalue weighted by Gasteiger charge is 2.18. The van der Waals surface area contributed by atoms with Crippen molar-refractivity contribution in [2.24, 2.45) is 0 Å². The first-order chi connectivity index (χ1) is 10.6. The number of nitrogens with zero attached hydrogens (tertiary/aromatic N) is 1. The quantitative estimate of drug-likeness (QED) is 0.801. The third-order valence-electron chi connectivity index (χ3n) is 3.14. The van der Waals surface area contributed by atoms with Gasteiger partial charge >= 0.3 is 5.97 Å². The number of ether oxygens (including phenoxy) is 1. The molecule has 0 saturated carbocycles. The number of benzene rings is 1. The van der Waals surface area contributed by atoms with Crippen LogP contribution in [0.5, 0.6) is 0 Å². The zero-order chi connectivity index (χ0) is 17.7. The van der Waals surface area contributed by atoms with Crippen LogP contribution in [0.1, 0.15) is 39.7 Å². The smallest absolute Gasteiger partial charge is 0.308 e. The normalized spacial score (nSPS) is 13.2. The van der Waals surface area contributed by atoms with Crippen LogP contribution in [0.25, 0.3) is 0 Å². The Morgan fingerprint density at radius 1 is 1.30 bits per heavy atom. The molecule has 126 valence electrons. The molecule has 0 aliphatic rings. The van der Waals surface area contributed by atoms with Crippen LogP contribution >= 0.6 is 0 Å². The van der Waals surface area contributed by atoms with Gasteiger partial charge in [0, 0.05) is 6.54 Å². The van der Waals surface area contributed by atoms with E-state index in [0.717, 1.165) is 5.56 Å². The van der Waals surface area contributed by atoms with Crippen LogP contribution in [0, 0.1) is 11.3 Å². The van der Waals surface area contributed by atoms with Crippen molar-refractivity contribution in [3.63, 3.8) is 0 Å². The average molecular weight is 338 g/mol. The lowest BCUT2D eigenvalue weighted by atomic mass is 9.87. The first-order valence-corrected chi connectivity index (χ1v) is 8.74. The van der Waals surface area contributed by atoms with Gasteiger partial charge in [0.15, 0.2) is 6.10 Å². The molecule has 0 aromatic heterocycles. The van der Waals surface area contributed by atoms with Gasteiger partial charge in [-0.25, -0.2) is 13.1 Å². The molecule has 0 aliphatic heterocycles. The highest BCUT2D eigenvalue weighted by atomic mass is 32.2.